The molecule has 1 aliphatic carbocycles. The molecule has 2 unspecified atom stereocenters. The molecule has 3 heteroatoms. The van der Waals surface area contributed by atoms with Gasteiger partial charge in [0.2, 0.25) is 0 Å². The van der Waals surface area contributed by atoms with Gasteiger partial charge < -0.3 is 9.15 Å². The van der Waals surface area contributed by atoms with E-state index in [1.54, 1.807) is 0 Å². The first kappa shape index (κ1) is 11.2. The predicted molar refractivity (Wildman–Crippen MR) is 60.1 cm³/mol. The molecule has 1 aromatic heterocycles. The number of carbonyl (C=O) groups is 1. The number of esters is 1. The Bertz CT molecular complexity index is 403. The van der Waals surface area contributed by atoms with Crippen molar-refractivity contribution in [1.29, 1.82) is 0 Å². The van der Waals surface area contributed by atoms with E-state index in [-0.39, 0.29) is 23.2 Å². The number of furan rings is 1. The Labute approximate surface area is 95.8 Å². The maximum absolute atomic E-state index is 11.7. The average molecular weight is 222 g/mol. The first-order valence-electron chi connectivity index (χ1n) is 5.71. The largest absolute Gasteiger partial charge is 0.466 e. The number of ether oxygens (including phenoxy) is 1. The van der Waals surface area contributed by atoms with Gasteiger partial charge in [0.15, 0.2) is 0 Å². The van der Waals surface area contributed by atoms with E-state index in [0.29, 0.717) is 6.61 Å². The fraction of sp³-hybridized carbons (Fsp3) is 0.615. The van der Waals surface area contributed by atoms with E-state index in [9.17, 15) is 4.79 Å². The molecule has 2 atom stereocenters. The third kappa shape index (κ3) is 1.64. The minimum atomic E-state index is -0.105. The molecule has 1 heterocycles. The molecular weight excluding hydrogens is 204 g/mol. The lowest BCUT2D eigenvalue weighted by molar-refractivity contribution is -0.145. The zero-order valence-corrected chi connectivity index (χ0v) is 10.2. The van der Waals surface area contributed by atoms with Crippen LogP contribution in [0.1, 0.15) is 38.2 Å². The van der Waals surface area contributed by atoms with Crippen LogP contribution in [0.2, 0.25) is 0 Å². The van der Waals surface area contributed by atoms with Gasteiger partial charge in [-0.05, 0) is 31.4 Å². The summed E-state index contributed by atoms with van der Waals surface area (Å²) in [6.45, 7) is 8.35. The third-order valence-electron chi connectivity index (χ3n) is 3.44. The molecule has 0 saturated heterocycles. The molecule has 1 aliphatic rings. The van der Waals surface area contributed by atoms with E-state index >= 15 is 0 Å². The molecule has 0 bridgehead atoms. The maximum Gasteiger partial charge on any atom is 0.310 e. The molecule has 88 valence electrons. The lowest BCUT2D eigenvalue weighted by Gasteiger charge is -2.01. The van der Waals surface area contributed by atoms with Gasteiger partial charge in [0, 0.05) is 5.92 Å². The highest BCUT2D eigenvalue weighted by atomic mass is 16.5. The molecule has 0 spiro atoms. The summed E-state index contributed by atoms with van der Waals surface area (Å²) in [7, 11) is 0. The molecule has 0 aromatic carbocycles. The normalized spacial score (nSPS) is 26.5. The Morgan fingerprint density at radius 3 is 2.69 bits per heavy atom. The van der Waals surface area contributed by atoms with E-state index < -0.39 is 0 Å². The summed E-state index contributed by atoms with van der Waals surface area (Å²) in [5, 5.41) is 0. The van der Waals surface area contributed by atoms with Gasteiger partial charge in [0.1, 0.15) is 11.5 Å². The second kappa shape index (κ2) is 3.65. The second-order valence-corrected chi connectivity index (χ2v) is 4.98. The van der Waals surface area contributed by atoms with E-state index in [0.717, 1.165) is 11.5 Å². The van der Waals surface area contributed by atoms with Crippen molar-refractivity contribution in [2.24, 2.45) is 11.3 Å². The molecule has 1 aromatic rings. The van der Waals surface area contributed by atoms with E-state index in [1.807, 2.05) is 26.0 Å². The molecular formula is C13H18O3. The molecule has 2 rings (SSSR count). The van der Waals surface area contributed by atoms with Crippen LogP contribution in [0.5, 0.6) is 0 Å². The highest BCUT2D eigenvalue weighted by molar-refractivity contribution is 5.79. The smallest absolute Gasteiger partial charge is 0.310 e. The fourth-order valence-electron chi connectivity index (χ4n) is 2.46. The fourth-order valence-corrected chi connectivity index (χ4v) is 2.46. The summed E-state index contributed by atoms with van der Waals surface area (Å²) >= 11 is 0. The van der Waals surface area contributed by atoms with Crippen molar-refractivity contribution in [2.45, 2.75) is 33.6 Å². The highest BCUT2D eigenvalue weighted by Crippen LogP contribution is 2.64. The van der Waals surface area contributed by atoms with Crippen LogP contribution < -0.4 is 0 Å². The van der Waals surface area contributed by atoms with E-state index in [4.69, 9.17) is 9.15 Å². The van der Waals surface area contributed by atoms with Crippen molar-refractivity contribution in [2.75, 3.05) is 6.61 Å². The number of hydrogen-bond donors (Lipinski definition) is 0. The second-order valence-electron chi connectivity index (χ2n) is 4.98. The van der Waals surface area contributed by atoms with Gasteiger partial charge in [-0.15, -0.1) is 0 Å². The van der Waals surface area contributed by atoms with Crippen LogP contribution in [-0.4, -0.2) is 12.6 Å². The van der Waals surface area contributed by atoms with Gasteiger partial charge in [0.05, 0.1) is 12.5 Å². The molecule has 0 aliphatic heterocycles. The molecule has 3 nitrogen and oxygen atoms in total. The average Bonchev–Trinajstić information content (AvgIpc) is 2.54. The quantitative estimate of drug-likeness (QED) is 0.738. The van der Waals surface area contributed by atoms with E-state index in [1.165, 1.54) is 0 Å². The van der Waals surface area contributed by atoms with Crippen molar-refractivity contribution in [3.8, 4) is 0 Å². The van der Waals surface area contributed by atoms with Gasteiger partial charge in [-0.3, -0.25) is 4.79 Å². The van der Waals surface area contributed by atoms with Crippen molar-refractivity contribution in [1.82, 2.24) is 0 Å². The number of carbonyl (C=O) groups excluding carboxylic acids is 1. The molecule has 16 heavy (non-hydrogen) atoms. The van der Waals surface area contributed by atoms with Gasteiger partial charge in [-0.1, -0.05) is 13.8 Å². The third-order valence-corrected chi connectivity index (χ3v) is 3.44. The highest BCUT2D eigenvalue weighted by Gasteiger charge is 2.64. The summed E-state index contributed by atoms with van der Waals surface area (Å²) in [6.07, 6.45) is 0. The molecule has 1 fully saturated rings. The number of aryl methyl sites for hydroxylation is 1. The van der Waals surface area contributed by atoms with Crippen LogP contribution in [0.15, 0.2) is 16.5 Å². The molecule has 0 amide bonds. The van der Waals surface area contributed by atoms with Crippen LogP contribution in [0.25, 0.3) is 0 Å². The van der Waals surface area contributed by atoms with Crippen molar-refractivity contribution >= 4 is 5.97 Å². The Balaban J connectivity index is 2.16. The van der Waals surface area contributed by atoms with Crippen LogP contribution >= 0.6 is 0 Å². The summed E-state index contributed by atoms with van der Waals surface area (Å²) < 4.78 is 10.7. The minimum Gasteiger partial charge on any atom is -0.466 e. The van der Waals surface area contributed by atoms with Crippen LogP contribution in [0.3, 0.4) is 0 Å². The Kier molecular flexibility index (Phi) is 2.56. The van der Waals surface area contributed by atoms with Gasteiger partial charge >= 0.3 is 5.97 Å². The van der Waals surface area contributed by atoms with Crippen LogP contribution in [-0.2, 0) is 9.53 Å². The summed E-state index contributed by atoms with van der Waals surface area (Å²) in [5.74, 6) is 1.80. The van der Waals surface area contributed by atoms with Gasteiger partial charge in [0.25, 0.3) is 0 Å². The van der Waals surface area contributed by atoms with Crippen molar-refractivity contribution in [3.05, 3.63) is 23.7 Å². The topological polar surface area (TPSA) is 39.4 Å². The standard InChI is InChI=1S/C13H18O3/c1-5-15-12(14)11-10(13(11,3)4)9-7-6-8(2)16-9/h6-7,10-11H,5H2,1-4H3. The first-order valence-corrected chi connectivity index (χ1v) is 5.71. The van der Waals surface area contributed by atoms with Crippen molar-refractivity contribution < 1.29 is 13.9 Å². The van der Waals surface area contributed by atoms with Crippen LogP contribution in [0.4, 0.5) is 0 Å². The summed E-state index contributed by atoms with van der Waals surface area (Å²) in [6, 6.07) is 3.90. The Morgan fingerprint density at radius 2 is 2.19 bits per heavy atom. The number of hydrogen-bond acceptors (Lipinski definition) is 3. The zero-order valence-electron chi connectivity index (χ0n) is 10.2. The SMILES string of the molecule is CCOC(=O)C1C(c2ccc(C)o2)C1(C)C. The summed E-state index contributed by atoms with van der Waals surface area (Å²) in [5.41, 5.74) is -0.0451. The predicted octanol–water partition coefficient (Wildman–Crippen LogP) is 2.89. The minimum absolute atomic E-state index is 0.0451. The molecule has 0 radical (unpaired) electrons. The Morgan fingerprint density at radius 1 is 1.50 bits per heavy atom. The molecule has 0 N–H and O–H groups in total. The maximum atomic E-state index is 11.7. The lowest BCUT2D eigenvalue weighted by atomic mass is 10.1. The van der Waals surface area contributed by atoms with Crippen LogP contribution in [0, 0.1) is 18.3 Å². The van der Waals surface area contributed by atoms with Gasteiger partial charge in [-0.2, -0.15) is 0 Å². The Hall–Kier alpha value is -1.25. The van der Waals surface area contributed by atoms with Crippen molar-refractivity contribution in [3.63, 3.8) is 0 Å². The first-order chi connectivity index (χ1) is 7.48. The van der Waals surface area contributed by atoms with E-state index in [2.05, 4.69) is 13.8 Å². The van der Waals surface area contributed by atoms with Gasteiger partial charge in [-0.25, -0.2) is 0 Å². The summed E-state index contributed by atoms with van der Waals surface area (Å²) in [4.78, 5) is 11.7. The lowest BCUT2D eigenvalue weighted by Crippen LogP contribution is -2.10. The monoisotopic (exact) mass is 222 g/mol. The number of rotatable bonds is 3. The zero-order chi connectivity index (χ0) is 11.9. The molecule has 1 saturated carbocycles.